The lowest BCUT2D eigenvalue weighted by atomic mass is 10.0. The Kier molecular flexibility index (Phi) is 3.19. The molecule has 0 bridgehead atoms. The molecule has 0 aromatic heterocycles. The molecule has 0 aliphatic rings. The predicted octanol–water partition coefficient (Wildman–Crippen LogP) is -1.70. The van der Waals surface area contributed by atoms with Crippen LogP contribution in [0.15, 0.2) is 0 Å². The zero-order valence-corrected chi connectivity index (χ0v) is 5.43. The van der Waals surface area contributed by atoms with Crippen LogP contribution in [-0.4, -0.2) is 34.5 Å². The molecule has 2 atom stereocenters. The highest BCUT2D eigenvalue weighted by Crippen LogP contribution is 1.97. The van der Waals surface area contributed by atoms with Crippen LogP contribution in [0.25, 0.3) is 0 Å². The summed E-state index contributed by atoms with van der Waals surface area (Å²) in [4.78, 5) is 30.1. The van der Waals surface area contributed by atoms with Crippen molar-refractivity contribution in [3.05, 3.63) is 0 Å². The molecular formula is C5H7NO5. The zero-order chi connectivity index (χ0) is 9.02. The summed E-state index contributed by atoms with van der Waals surface area (Å²) in [5.74, 6) is -4.72. The number of nitrogens with two attached hydrogens (primary N) is 1. The van der Waals surface area contributed by atoms with Gasteiger partial charge in [0, 0.05) is 0 Å². The molecule has 0 aromatic carbocycles. The lowest BCUT2D eigenvalue weighted by Crippen LogP contribution is -2.42. The number of aliphatic carboxylic acids is 2. The average molecular weight is 161 g/mol. The van der Waals surface area contributed by atoms with Crippen molar-refractivity contribution in [1.82, 2.24) is 0 Å². The fourth-order valence-corrected chi connectivity index (χ4v) is 0.450. The van der Waals surface area contributed by atoms with Crippen LogP contribution in [0.1, 0.15) is 0 Å². The molecule has 0 saturated heterocycles. The highest BCUT2D eigenvalue weighted by molar-refractivity contribution is 5.93. The summed E-state index contributed by atoms with van der Waals surface area (Å²) in [7, 11) is 0. The van der Waals surface area contributed by atoms with Crippen molar-refractivity contribution < 1.29 is 24.6 Å². The number of hydrogen-bond acceptors (Lipinski definition) is 4. The highest BCUT2D eigenvalue weighted by Gasteiger charge is 2.29. The monoisotopic (exact) mass is 161 g/mol. The number of carbonyl (C=O) groups is 3. The van der Waals surface area contributed by atoms with E-state index in [4.69, 9.17) is 15.9 Å². The molecule has 4 N–H and O–H groups in total. The summed E-state index contributed by atoms with van der Waals surface area (Å²) in [6.45, 7) is 0. The van der Waals surface area contributed by atoms with Crippen LogP contribution in [0.3, 0.4) is 0 Å². The number of carboxylic acid groups (broad SMARTS) is 2. The summed E-state index contributed by atoms with van der Waals surface area (Å²) < 4.78 is 0. The molecule has 0 aromatic rings. The second-order valence-corrected chi connectivity index (χ2v) is 1.86. The summed E-state index contributed by atoms with van der Waals surface area (Å²) >= 11 is 0. The molecule has 0 saturated carbocycles. The maximum atomic E-state index is 10.1. The first kappa shape index (κ1) is 9.57. The molecule has 0 aliphatic carbocycles. The van der Waals surface area contributed by atoms with Crippen LogP contribution >= 0.6 is 0 Å². The molecule has 0 amide bonds. The van der Waals surface area contributed by atoms with Gasteiger partial charge in [-0.15, -0.1) is 0 Å². The molecule has 1 unspecified atom stereocenters. The lowest BCUT2D eigenvalue weighted by molar-refractivity contribution is -0.151. The maximum absolute atomic E-state index is 10.1. The number of hydrogen-bond donors (Lipinski definition) is 3. The first-order valence-corrected chi connectivity index (χ1v) is 2.67. The summed E-state index contributed by atoms with van der Waals surface area (Å²) in [5.41, 5.74) is 4.86. The van der Waals surface area contributed by atoms with Crippen LogP contribution in [0.4, 0.5) is 0 Å². The summed E-state index contributed by atoms with van der Waals surface area (Å²) in [5, 5.41) is 16.4. The van der Waals surface area contributed by atoms with Gasteiger partial charge in [-0.1, -0.05) is 0 Å². The van der Waals surface area contributed by atoms with Gasteiger partial charge in [0.25, 0.3) is 0 Å². The fraction of sp³-hybridized carbons (Fsp3) is 0.400. The molecule has 0 rings (SSSR count). The van der Waals surface area contributed by atoms with E-state index in [0.29, 0.717) is 0 Å². The van der Waals surface area contributed by atoms with Crippen LogP contribution < -0.4 is 5.73 Å². The average Bonchev–Trinajstić information content (AvgIpc) is 1.88. The van der Waals surface area contributed by atoms with E-state index >= 15 is 0 Å². The van der Waals surface area contributed by atoms with Crippen molar-refractivity contribution in [3.63, 3.8) is 0 Å². The van der Waals surface area contributed by atoms with E-state index in [1.165, 1.54) is 0 Å². The van der Waals surface area contributed by atoms with Crippen molar-refractivity contribution in [1.29, 1.82) is 0 Å². The molecular weight excluding hydrogens is 154 g/mol. The van der Waals surface area contributed by atoms with Gasteiger partial charge in [0.05, 0.1) is 0 Å². The minimum absolute atomic E-state index is 0.00111. The van der Waals surface area contributed by atoms with Gasteiger partial charge in [-0.3, -0.25) is 9.59 Å². The van der Waals surface area contributed by atoms with E-state index < -0.39 is 23.9 Å². The van der Waals surface area contributed by atoms with Gasteiger partial charge >= 0.3 is 11.9 Å². The SMILES string of the molecule is N[C@H](C(=O)O)C(C=O)C(=O)O. The Bertz CT molecular complexity index is 189. The quantitative estimate of drug-likeness (QED) is 0.334. The number of carbonyl (C=O) groups excluding carboxylic acids is 1. The predicted molar refractivity (Wildman–Crippen MR) is 32.8 cm³/mol. The Labute approximate surface area is 61.6 Å². The van der Waals surface area contributed by atoms with Gasteiger partial charge in [0.2, 0.25) is 0 Å². The van der Waals surface area contributed by atoms with Crippen molar-refractivity contribution in [2.45, 2.75) is 6.04 Å². The highest BCUT2D eigenvalue weighted by atomic mass is 16.4. The van der Waals surface area contributed by atoms with Crippen molar-refractivity contribution >= 4 is 18.2 Å². The largest absolute Gasteiger partial charge is 0.481 e. The number of rotatable bonds is 4. The van der Waals surface area contributed by atoms with Gasteiger partial charge in [0.15, 0.2) is 0 Å². The Balaban J connectivity index is 4.37. The van der Waals surface area contributed by atoms with Crippen LogP contribution in [0.2, 0.25) is 0 Å². The van der Waals surface area contributed by atoms with E-state index in [-0.39, 0.29) is 6.29 Å². The smallest absolute Gasteiger partial charge is 0.321 e. The standard InChI is InChI=1S/C5H7NO5/c6-3(5(10)11)2(1-7)4(8)9/h1-3H,6H2,(H,8,9)(H,10,11)/t2?,3-/m0/s1. The Morgan fingerprint density at radius 2 is 1.73 bits per heavy atom. The Hall–Kier alpha value is -1.43. The molecule has 6 nitrogen and oxygen atoms in total. The molecule has 62 valence electrons. The molecule has 0 heterocycles. The van der Waals surface area contributed by atoms with Crippen molar-refractivity contribution in [3.8, 4) is 0 Å². The number of aldehydes is 1. The van der Waals surface area contributed by atoms with E-state index in [1.54, 1.807) is 0 Å². The molecule has 0 spiro atoms. The van der Waals surface area contributed by atoms with Crippen molar-refractivity contribution in [2.24, 2.45) is 11.7 Å². The van der Waals surface area contributed by atoms with Crippen LogP contribution in [0.5, 0.6) is 0 Å². The first-order valence-electron chi connectivity index (χ1n) is 2.67. The summed E-state index contributed by atoms with van der Waals surface area (Å²) in [6, 6.07) is -1.68. The molecule has 0 fully saturated rings. The lowest BCUT2D eigenvalue weighted by Gasteiger charge is -2.08. The van der Waals surface area contributed by atoms with Crippen LogP contribution in [-0.2, 0) is 14.4 Å². The summed E-state index contributed by atoms with van der Waals surface area (Å²) in [6.07, 6.45) is 0.00111. The van der Waals surface area contributed by atoms with Crippen molar-refractivity contribution in [2.75, 3.05) is 0 Å². The minimum Gasteiger partial charge on any atom is -0.481 e. The van der Waals surface area contributed by atoms with E-state index in [2.05, 4.69) is 0 Å². The topological polar surface area (TPSA) is 118 Å². The normalized spacial score (nSPS) is 15.0. The molecule has 0 radical (unpaired) electrons. The van der Waals surface area contributed by atoms with Gasteiger partial charge in [-0.2, -0.15) is 0 Å². The molecule has 6 heteroatoms. The minimum atomic E-state index is -1.68. The Morgan fingerprint density at radius 1 is 1.27 bits per heavy atom. The second kappa shape index (κ2) is 3.67. The second-order valence-electron chi connectivity index (χ2n) is 1.86. The Morgan fingerprint density at radius 3 is 1.82 bits per heavy atom. The third kappa shape index (κ3) is 2.34. The van der Waals surface area contributed by atoms with Crippen LogP contribution in [0, 0.1) is 5.92 Å². The van der Waals surface area contributed by atoms with Gasteiger partial charge in [-0.25, -0.2) is 0 Å². The third-order valence-corrected chi connectivity index (χ3v) is 1.10. The van der Waals surface area contributed by atoms with Gasteiger partial charge in [-0.05, 0) is 0 Å². The first-order chi connectivity index (χ1) is 5.00. The van der Waals surface area contributed by atoms with Gasteiger partial charge < -0.3 is 20.7 Å². The third-order valence-electron chi connectivity index (χ3n) is 1.10. The fourth-order valence-electron chi connectivity index (χ4n) is 0.450. The maximum Gasteiger partial charge on any atom is 0.321 e. The van der Waals surface area contributed by atoms with E-state index in [1.807, 2.05) is 0 Å². The van der Waals surface area contributed by atoms with Gasteiger partial charge in [0.1, 0.15) is 18.2 Å². The molecule has 0 aliphatic heterocycles. The van der Waals surface area contributed by atoms with E-state index in [9.17, 15) is 14.4 Å². The molecule has 11 heavy (non-hydrogen) atoms. The number of carboxylic acids is 2. The van der Waals surface area contributed by atoms with E-state index in [0.717, 1.165) is 0 Å². The zero-order valence-electron chi connectivity index (χ0n) is 5.43.